The van der Waals surface area contributed by atoms with E-state index in [1.54, 1.807) is 37.3 Å². The van der Waals surface area contributed by atoms with E-state index in [0.717, 1.165) is 17.4 Å². The normalized spacial score (nSPS) is 14.4. The van der Waals surface area contributed by atoms with Gasteiger partial charge >= 0.3 is 12.6 Å². The number of aryl methyl sites for hydroxylation is 1. The van der Waals surface area contributed by atoms with E-state index in [1.807, 2.05) is 24.3 Å². The lowest BCUT2D eigenvalue weighted by Crippen LogP contribution is -2.18. The SMILES string of the molecule is CCOC(=O)CCCc1cccc(C2Oc3cccc(OC(F)F)c3-c3ccc(NS(C)(=O)=O)cc32)c1. The first-order valence-corrected chi connectivity index (χ1v) is 13.6. The van der Waals surface area contributed by atoms with Gasteiger partial charge in [-0.3, -0.25) is 9.52 Å². The van der Waals surface area contributed by atoms with E-state index in [4.69, 9.17) is 14.2 Å². The molecule has 1 aliphatic rings. The number of halogens is 2. The molecule has 0 fully saturated rings. The van der Waals surface area contributed by atoms with Gasteiger partial charge in [-0.15, -0.1) is 0 Å². The van der Waals surface area contributed by atoms with Crippen molar-refractivity contribution in [3.05, 3.63) is 77.4 Å². The summed E-state index contributed by atoms with van der Waals surface area (Å²) in [6.07, 6.45) is 1.97. The Morgan fingerprint density at radius 2 is 1.89 bits per heavy atom. The molecule has 196 valence electrons. The van der Waals surface area contributed by atoms with Gasteiger partial charge in [-0.1, -0.05) is 36.4 Å². The topological polar surface area (TPSA) is 90.9 Å². The van der Waals surface area contributed by atoms with Crippen molar-refractivity contribution >= 4 is 21.7 Å². The van der Waals surface area contributed by atoms with E-state index in [1.165, 1.54) is 6.07 Å². The summed E-state index contributed by atoms with van der Waals surface area (Å²) >= 11 is 0. The van der Waals surface area contributed by atoms with Crippen LogP contribution in [0.2, 0.25) is 0 Å². The molecule has 4 rings (SSSR count). The molecule has 1 aliphatic heterocycles. The fourth-order valence-corrected chi connectivity index (χ4v) is 4.93. The highest BCUT2D eigenvalue weighted by Gasteiger charge is 2.31. The molecule has 0 spiro atoms. The smallest absolute Gasteiger partial charge is 0.387 e. The lowest BCUT2D eigenvalue weighted by molar-refractivity contribution is -0.143. The fraction of sp³-hybridized carbons (Fsp3) is 0.296. The molecule has 0 bridgehead atoms. The number of fused-ring (bicyclic) bond motifs is 3. The van der Waals surface area contributed by atoms with Gasteiger partial charge in [0.1, 0.15) is 17.6 Å². The number of esters is 1. The summed E-state index contributed by atoms with van der Waals surface area (Å²) in [4.78, 5) is 11.7. The number of hydrogen-bond donors (Lipinski definition) is 1. The summed E-state index contributed by atoms with van der Waals surface area (Å²) in [6.45, 7) is -0.916. The summed E-state index contributed by atoms with van der Waals surface area (Å²) in [5.41, 5.74) is 3.64. The molecule has 10 heteroatoms. The summed E-state index contributed by atoms with van der Waals surface area (Å²) in [7, 11) is -3.55. The first kappa shape index (κ1) is 26.4. The van der Waals surface area contributed by atoms with E-state index in [0.29, 0.717) is 54.0 Å². The highest BCUT2D eigenvalue weighted by atomic mass is 32.2. The van der Waals surface area contributed by atoms with Crippen LogP contribution in [0.1, 0.15) is 42.6 Å². The zero-order valence-electron chi connectivity index (χ0n) is 20.4. The van der Waals surface area contributed by atoms with Crippen LogP contribution in [0.25, 0.3) is 11.1 Å². The first-order chi connectivity index (χ1) is 17.6. The van der Waals surface area contributed by atoms with Crippen molar-refractivity contribution < 1.29 is 36.2 Å². The van der Waals surface area contributed by atoms with Gasteiger partial charge in [-0.2, -0.15) is 8.78 Å². The van der Waals surface area contributed by atoms with Crippen LogP contribution in [0.5, 0.6) is 11.5 Å². The number of alkyl halides is 2. The lowest BCUT2D eigenvalue weighted by Gasteiger charge is -2.31. The van der Waals surface area contributed by atoms with Crippen LogP contribution in [-0.2, 0) is 26.0 Å². The second-order valence-electron chi connectivity index (χ2n) is 8.59. The maximum Gasteiger partial charge on any atom is 0.387 e. The molecule has 1 atom stereocenters. The van der Waals surface area contributed by atoms with Gasteiger partial charge in [0.15, 0.2) is 0 Å². The molecule has 1 heterocycles. The van der Waals surface area contributed by atoms with Gasteiger partial charge < -0.3 is 14.2 Å². The molecule has 0 amide bonds. The van der Waals surface area contributed by atoms with E-state index < -0.39 is 22.7 Å². The summed E-state index contributed by atoms with van der Waals surface area (Å²) in [6, 6.07) is 17.2. The molecule has 3 aromatic rings. The second kappa shape index (κ2) is 11.2. The van der Waals surface area contributed by atoms with Gasteiger partial charge in [-0.25, -0.2) is 8.42 Å². The van der Waals surface area contributed by atoms with Gasteiger partial charge in [0, 0.05) is 17.7 Å². The minimum Gasteiger partial charge on any atom is -0.480 e. The van der Waals surface area contributed by atoms with Crippen molar-refractivity contribution in [3.8, 4) is 22.6 Å². The van der Waals surface area contributed by atoms with E-state index >= 15 is 0 Å². The number of anilines is 1. The molecular weight excluding hydrogens is 504 g/mol. The summed E-state index contributed by atoms with van der Waals surface area (Å²) in [5, 5.41) is 0. The van der Waals surface area contributed by atoms with Gasteiger partial charge in [-0.05, 0) is 60.7 Å². The number of benzene rings is 3. The zero-order chi connectivity index (χ0) is 26.6. The molecule has 0 aromatic heterocycles. The van der Waals surface area contributed by atoms with Gasteiger partial charge in [0.2, 0.25) is 10.0 Å². The van der Waals surface area contributed by atoms with Crippen molar-refractivity contribution in [3.63, 3.8) is 0 Å². The molecule has 0 radical (unpaired) electrons. The Labute approximate surface area is 214 Å². The summed E-state index contributed by atoms with van der Waals surface area (Å²) in [5.74, 6) is 0.0865. The Hall–Kier alpha value is -3.66. The third-order valence-corrected chi connectivity index (χ3v) is 6.37. The largest absolute Gasteiger partial charge is 0.480 e. The Balaban J connectivity index is 1.73. The molecular formula is C27H27F2NO6S. The standard InChI is InChI=1S/C27H27F2NO6S/c1-3-34-24(31)12-5-8-17-7-4-9-18(15-17)26-21-16-19(30-37(2,32)33)13-14-20(21)25-22(35-26)10-6-11-23(25)36-27(28)29/h4,6-7,9-11,13-16,26-27,30H,3,5,8,12H2,1-2H3. The maximum atomic E-state index is 13.1. The van der Waals surface area contributed by atoms with Crippen LogP contribution in [0.15, 0.2) is 60.7 Å². The van der Waals surface area contributed by atoms with Crippen LogP contribution in [0.4, 0.5) is 14.5 Å². The molecule has 37 heavy (non-hydrogen) atoms. The maximum absolute atomic E-state index is 13.1. The van der Waals surface area contributed by atoms with Crippen LogP contribution in [0, 0.1) is 0 Å². The first-order valence-electron chi connectivity index (χ1n) is 11.8. The highest BCUT2D eigenvalue weighted by Crippen LogP contribution is 2.49. The third kappa shape index (κ3) is 6.56. The molecule has 1 unspecified atom stereocenters. The monoisotopic (exact) mass is 531 g/mol. The lowest BCUT2D eigenvalue weighted by atomic mass is 9.88. The van der Waals surface area contributed by atoms with Crippen LogP contribution in [0.3, 0.4) is 0 Å². The summed E-state index contributed by atoms with van der Waals surface area (Å²) < 4.78 is 68.5. The second-order valence-corrected chi connectivity index (χ2v) is 10.3. The molecule has 7 nitrogen and oxygen atoms in total. The number of carbonyl (C=O) groups is 1. The van der Waals surface area contributed by atoms with Gasteiger partial charge in [0.05, 0.1) is 18.4 Å². The highest BCUT2D eigenvalue weighted by molar-refractivity contribution is 7.92. The third-order valence-electron chi connectivity index (χ3n) is 5.76. The predicted octanol–water partition coefficient (Wildman–Crippen LogP) is 5.69. The van der Waals surface area contributed by atoms with Crippen molar-refractivity contribution in [2.45, 2.75) is 38.9 Å². The Morgan fingerprint density at radius 1 is 1.11 bits per heavy atom. The molecule has 3 aromatic carbocycles. The quantitative estimate of drug-likeness (QED) is 0.338. The number of nitrogens with one attached hydrogen (secondary N) is 1. The van der Waals surface area contributed by atoms with Crippen molar-refractivity contribution in [2.75, 3.05) is 17.6 Å². The molecule has 0 aliphatic carbocycles. The van der Waals surface area contributed by atoms with Crippen molar-refractivity contribution in [1.29, 1.82) is 0 Å². The Bertz CT molecular complexity index is 1390. The Morgan fingerprint density at radius 3 is 2.62 bits per heavy atom. The minimum absolute atomic E-state index is 0.0382. The number of hydrogen-bond acceptors (Lipinski definition) is 6. The number of rotatable bonds is 10. The molecule has 1 N–H and O–H groups in total. The van der Waals surface area contributed by atoms with Crippen LogP contribution >= 0.6 is 0 Å². The minimum atomic E-state index is -3.55. The number of carbonyl (C=O) groups excluding carboxylic acids is 1. The number of sulfonamides is 1. The van der Waals surface area contributed by atoms with Crippen molar-refractivity contribution in [1.82, 2.24) is 0 Å². The van der Waals surface area contributed by atoms with E-state index in [2.05, 4.69) is 4.72 Å². The van der Waals surface area contributed by atoms with E-state index in [9.17, 15) is 22.0 Å². The van der Waals surface area contributed by atoms with Gasteiger partial charge in [0.25, 0.3) is 0 Å². The zero-order valence-corrected chi connectivity index (χ0v) is 21.2. The predicted molar refractivity (Wildman–Crippen MR) is 135 cm³/mol. The van der Waals surface area contributed by atoms with Crippen LogP contribution < -0.4 is 14.2 Å². The van der Waals surface area contributed by atoms with E-state index in [-0.39, 0.29) is 11.7 Å². The Kier molecular flexibility index (Phi) is 7.97. The average molecular weight is 532 g/mol. The molecule has 0 saturated heterocycles. The van der Waals surface area contributed by atoms with Crippen LogP contribution in [-0.4, -0.2) is 33.9 Å². The average Bonchev–Trinajstić information content (AvgIpc) is 2.82. The number of ether oxygens (including phenoxy) is 3. The fourth-order valence-electron chi connectivity index (χ4n) is 4.37. The van der Waals surface area contributed by atoms with Crippen molar-refractivity contribution in [2.24, 2.45) is 0 Å². The molecule has 0 saturated carbocycles.